The first-order valence-electron chi connectivity index (χ1n) is 28.1. The fourth-order valence-corrected chi connectivity index (χ4v) is 12.9. The Morgan fingerprint density at radius 2 is 0.610 bits per heavy atom. The van der Waals surface area contributed by atoms with Crippen molar-refractivity contribution in [3.05, 3.63) is 297 Å². The smallest absolute Gasteiger partial charge is 0.160 e. The van der Waals surface area contributed by atoms with Gasteiger partial charge in [0.25, 0.3) is 0 Å². The van der Waals surface area contributed by atoms with E-state index in [0.29, 0.717) is 5.82 Å². The van der Waals surface area contributed by atoms with Gasteiger partial charge in [0.2, 0.25) is 0 Å². The lowest BCUT2D eigenvalue weighted by atomic mass is 9.90. The van der Waals surface area contributed by atoms with Crippen molar-refractivity contribution in [3.8, 4) is 84.3 Å². The van der Waals surface area contributed by atoms with E-state index < -0.39 is 0 Å². The molecular weight excluding hydrogens is 995 g/mol. The second kappa shape index (κ2) is 19.2. The number of aryl methyl sites for hydroxylation is 1. The van der Waals surface area contributed by atoms with Gasteiger partial charge in [-0.15, -0.1) is 0 Å². The van der Waals surface area contributed by atoms with Crippen LogP contribution in [0.3, 0.4) is 0 Å². The first-order chi connectivity index (χ1) is 40.6. The summed E-state index contributed by atoms with van der Waals surface area (Å²) in [4.78, 5) is 11.2. The average Bonchev–Trinajstić information content (AvgIpc) is 3.77. The number of fused-ring (bicyclic) bond motifs is 9. The van der Waals surface area contributed by atoms with Crippen molar-refractivity contribution in [3.63, 3.8) is 0 Å². The van der Waals surface area contributed by atoms with Crippen molar-refractivity contribution in [2.24, 2.45) is 0 Å². The molecule has 0 bridgehead atoms. The molecule has 0 spiro atoms. The molecule has 4 heterocycles. The molecule has 0 unspecified atom stereocenters. The van der Waals surface area contributed by atoms with Gasteiger partial charge in [-0.05, 0) is 96.4 Å². The molecule has 12 aromatic carbocycles. The predicted octanol–water partition coefficient (Wildman–Crippen LogP) is 20.1. The average molecular weight is 1050 g/mol. The topological polar surface area (TPSA) is 40.6 Å². The molecule has 0 saturated heterocycles. The van der Waals surface area contributed by atoms with Crippen LogP contribution in [0.25, 0.3) is 150 Å². The fraction of sp³-hybridized carbons (Fsp3) is 0.0130. The Bertz CT molecular complexity index is 4830. The van der Waals surface area contributed by atoms with Gasteiger partial charge in [-0.2, -0.15) is 0 Å². The standard InChI is InChI=1S/C77H51N5/c1-50-24-8-9-29-55(50)53-44-45-75-63(46-53)60-34-14-23-43-74(60)82(75)76-64(61-35-15-21-41-72(61)80-68-37-17-10-30-56(68)57-31-11-18-38-69(57)80)47-54(77-78-66(51-25-4-2-5-26-51)49-67(79-77)52-27-6-3-7-28-52)48-65(76)62-36-16-22-42-73(62)81-70-39-19-12-32-58(70)59-33-13-20-40-71(59)81/h2-49H,1H3. The third kappa shape index (κ3) is 7.55. The van der Waals surface area contributed by atoms with Crippen molar-refractivity contribution >= 4 is 65.4 Å². The van der Waals surface area contributed by atoms with E-state index in [0.717, 1.165) is 100 Å². The van der Waals surface area contributed by atoms with E-state index in [1.54, 1.807) is 0 Å². The highest BCUT2D eigenvalue weighted by molar-refractivity contribution is 6.14. The first-order valence-corrected chi connectivity index (χ1v) is 28.1. The molecule has 5 heteroatoms. The molecule has 16 aromatic rings. The lowest BCUT2D eigenvalue weighted by molar-refractivity contribution is 1.15. The van der Waals surface area contributed by atoms with Crippen LogP contribution in [0.4, 0.5) is 0 Å². The van der Waals surface area contributed by atoms with Crippen LogP contribution in [0, 0.1) is 6.92 Å². The molecule has 0 atom stereocenters. The van der Waals surface area contributed by atoms with E-state index in [-0.39, 0.29) is 0 Å². The second-order valence-corrected chi connectivity index (χ2v) is 21.3. The van der Waals surface area contributed by atoms with Crippen LogP contribution in [0.15, 0.2) is 291 Å². The Kier molecular flexibility index (Phi) is 11.0. The van der Waals surface area contributed by atoms with Crippen molar-refractivity contribution in [1.82, 2.24) is 23.7 Å². The van der Waals surface area contributed by atoms with E-state index in [1.165, 1.54) is 49.0 Å². The Morgan fingerprint density at radius 3 is 1.07 bits per heavy atom. The number of hydrogen-bond acceptors (Lipinski definition) is 2. The zero-order valence-corrected chi connectivity index (χ0v) is 44.9. The summed E-state index contributed by atoms with van der Waals surface area (Å²) >= 11 is 0. The lowest BCUT2D eigenvalue weighted by Gasteiger charge is -2.24. The molecule has 0 radical (unpaired) electrons. The SMILES string of the molecule is Cc1ccccc1-c1ccc2c(c1)c1ccccc1n2-c1c(-c2ccccc2-n2c3ccccc3c3ccccc32)cc(-c2nc(-c3ccccc3)cc(-c3ccccc3)n2)cc1-c1ccccc1-n1c2ccccc2c2ccccc21. The molecule has 0 fully saturated rings. The first kappa shape index (κ1) is 47.1. The summed E-state index contributed by atoms with van der Waals surface area (Å²) in [5, 5.41) is 7.16. The van der Waals surface area contributed by atoms with Crippen LogP contribution < -0.4 is 0 Å². The number of para-hydroxylation sites is 7. The Labute approximate surface area is 474 Å². The molecule has 16 rings (SSSR count). The van der Waals surface area contributed by atoms with Crippen LogP contribution >= 0.6 is 0 Å². The maximum absolute atomic E-state index is 5.59. The summed E-state index contributed by atoms with van der Waals surface area (Å²) in [6, 6.07) is 106. The summed E-state index contributed by atoms with van der Waals surface area (Å²) in [6.07, 6.45) is 0. The molecule has 5 nitrogen and oxygen atoms in total. The van der Waals surface area contributed by atoms with Gasteiger partial charge in [0.15, 0.2) is 5.82 Å². The zero-order valence-electron chi connectivity index (χ0n) is 44.9. The van der Waals surface area contributed by atoms with Gasteiger partial charge < -0.3 is 13.7 Å². The van der Waals surface area contributed by atoms with Crippen LogP contribution in [0.1, 0.15) is 5.56 Å². The van der Waals surface area contributed by atoms with Crippen LogP contribution in [0.5, 0.6) is 0 Å². The molecular formula is C77H51N5. The zero-order chi connectivity index (χ0) is 54.3. The third-order valence-corrected chi connectivity index (χ3v) is 16.6. The third-order valence-electron chi connectivity index (χ3n) is 16.6. The Hall–Kier alpha value is -10.9. The monoisotopic (exact) mass is 1050 g/mol. The van der Waals surface area contributed by atoms with E-state index in [1.807, 2.05) is 0 Å². The fourth-order valence-electron chi connectivity index (χ4n) is 12.9. The van der Waals surface area contributed by atoms with Gasteiger partial charge in [-0.1, -0.05) is 218 Å². The van der Waals surface area contributed by atoms with E-state index in [4.69, 9.17) is 9.97 Å². The highest BCUT2D eigenvalue weighted by Gasteiger charge is 2.27. The predicted molar refractivity (Wildman–Crippen MR) is 342 cm³/mol. The molecule has 0 aliphatic carbocycles. The van der Waals surface area contributed by atoms with Gasteiger partial charge >= 0.3 is 0 Å². The highest BCUT2D eigenvalue weighted by Crippen LogP contribution is 2.49. The van der Waals surface area contributed by atoms with E-state index >= 15 is 0 Å². The number of rotatable bonds is 9. The van der Waals surface area contributed by atoms with Crippen LogP contribution in [0.2, 0.25) is 0 Å². The number of aromatic nitrogens is 5. The van der Waals surface area contributed by atoms with Gasteiger partial charge in [0.1, 0.15) is 0 Å². The quantitative estimate of drug-likeness (QED) is 0.145. The minimum atomic E-state index is 0.628. The largest absolute Gasteiger partial charge is 0.309 e. The van der Waals surface area contributed by atoms with E-state index in [2.05, 4.69) is 312 Å². The number of hydrogen-bond donors (Lipinski definition) is 0. The lowest BCUT2D eigenvalue weighted by Crippen LogP contribution is -2.06. The van der Waals surface area contributed by atoms with Crippen LogP contribution in [-0.4, -0.2) is 23.7 Å². The molecule has 0 aliphatic heterocycles. The van der Waals surface area contributed by atoms with Gasteiger partial charge in [0.05, 0.1) is 61.6 Å². The molecule has 0 amide bonds. The maximum atomic E-state index is 5.59. The number of nitrogens with zero attached hydrogens (tertiary/aromatic N) is 5. The van der Waals surface area contributed by atoms with Gasteiger partial charge in [-0.25, -0.2) is 9.97 Å². The molecule has 82 heavy (non-hydrogen) atoms. The Morgan fingerprint density at radius 1 is 0.244 bits per heavy atom. The van der Waals surface area contributed by atoms with Crippen LogP contribution in [-0.2, 0) is 0 Å². The minimum absolute atomic E-state index is 0.628. The summed E-state index contributed by atoms with van der Waals surface area (Å²) < 4.78 is 7.47. The molecule has 0 saturated carbocycles. The maximum Gasteiger partial charge on any atom is 0.160 e. The molecule has 0 aliphatic rings. The summed E-state index contributed by atoms with van der Waals surface area (Å²) in [5.41, 5.74) is 22.4. The second-order valence-electron chi connectivity index (χ2n) is 21.3. The van der Waals surface area contributed by atoms with Crippen molar-refractivity contribution < 1.29 is 0 Å². The Balaban J connectivity index is 1.09. The summed E-state index contributed by atoms with van der Waals surface area (Å²) in [5.74, 6) is 0.628. The van der Waals surface area contributed by atoms with Crippen molar-refractivity contribution in [1.29, 1.82) is 0 Å². The summed E-state index contributed by atoms with van der Waals surface area (Å²) in [6.45, 7) is 2.20. The van der Waals surface area contributed by atoms with Crippen molar-refractivity contribution in [2.75, 3.05) is 0 Å². The molecule has 384 valence electrons. The minimum Gasteiger partial charge on any atom is -0.309 e. The van der Waals surface area contributed by atoms with Gasteiger partial charge in [-0.3, -0.25) is 0 Å². The number of benzene rings is 12. The summed E-state index contributed by atoms with van der Waals surface area (Å²) in [7, 11) is 0. The van der Waals surface area contributed by atoms with E-state index in [9.17, 15) is 0 Å². The molecule has 0 N–H and O–H groups in total. The van der Waals surface area contributed by atoms with Gasteiger partial charge in [0, 0.05) is 71.3 Å². The normalized spacial score (nSPS) is 11.7. The van der Waals surface area contributed by atoms with Crippen molar-refractivity contribution in [2.45, 2.75) is 6.92 Å². The molecule has 4 aromatic heterocycles. The highest BCUT2D eigenvalue weighted by atomic mass is 15.0.